The number of amides is 1. The number of aromatic nitrogens is 2. The fourth-order valence-corrected chi connectivity index (χ4v) is 4.07. The van der Waals surface area contributed by atoms with Crippen molar-refractivity contribution in [2.75, 3.05) is 12.8 Å². The van der Waals surface area contributed by atoms with Crippen LogP contribution in [0.25, 0.3) is 0 Å². The lowest BCUT2D eigenvalue weighted by molar-refractivity contribution is 0.0946. The summed E-state index contributed by atoms with van der Waals surface area (Å²) < 4.78 is 46.6. The SMILES string of the molecule is CNS(=O)(=O)c1nc(C(=O)NCc2ccc(Br)c(Oc3cc(N)cc(Cl)c3)c2F)c(Cl)[nH]1. The largest absolute Gasteiger partial charge is 0.453 e. The van der Waals surface area contributed by atoms with Gasteiger partial charge < -0.3 is 20.8 Å². The van der Waals surface area contributed by atoms with Gasteiger partial charge in [0, 0.05) is 28.9 Å². The summed E-state index contributed by atoms with van der Waals surface area (Å²) in [7, 11) is -2.75. The van der Waals surface area contributed by atoms with Gasteiger partial charge >= 0.3 is 0 Å². The number of H-pyrrole nitrogens is 1. The third-order valence-electron chi connectivity index (χ3n) is 4.06. The topological polar surface area (TPSA) is 139 Å². The van der Waals surface area contributed by atoms with Crippen molar-refractivity contribution in [3.8, 4) is 11.5 Å². The Hall–Kier alpha value is -2.38. The van der Waals surface area contributed by atoms with E-state index in [1.165, 1.54) is 37.4 Å². The summed E-state index contributed by atoms with van der Waals surface area (Å²) in [4.78, 5) is 18.4. The van der Waals surface area contributed by atoms with Gasteiger partial charge in [0.1, 0.15) is 10.9 Å². The third-order valence-corrected chi connectivity index (χ3v) is 6.41. The van der Waals surface area contributed by atoms with E-state index in [-0.39, 0.29) is 34.5 Å². The first-order valence-corrected chi connectivity index (χ1v) is 11.7. The Labute approximate surface area is 200 Å². The summed E-state index contributed by atoms with van der Waals surface area (Å²) >= 11 is 15.1. The number of ether oxygens (including phenoxy) is 1. The van der Waals surface area contributed by atoms with Crippen molar-refractivity contribution in [3.63, 3.8) is 0 Å². The molecule has 3 aromatic rings. The van der Waals surface area contributed by atoms with E-state index in [2.05, 4.69) is 31.2 Å². The summed E-state index contributed by atoms with van der Waals surface area (Å²) in [6.07, 6.45) is 0. The van der Waals surface area contributed by atoms with Crippen LogP contribution in [-0.2, 0) is 16.6 Å². The third kappa shape index (κ3) is 5.33. The zero-order chi connectivity index (χ0) is 23.6. The number of nitrogens with zero attached hydrogens (tertiary/aromatic N) is 1. The van der Waals surface area contributed by atoms with Gasteiger partial charge in [-0.1, -0.05) is 29.3 Å². The molecule has 9 nitrogen and oxygen atoms in total. The summed E-state index contributed by atoms with van der Waals surface area (Å²) in [6, 6.07) is 7.42. The van der Waals surface area contributed by atoms with Crippen LogP contribution < -0.4 is 20.5 Å². The summed E-state index contributed by atoms with van der Waals surface area (Å²) in [6.45, 7) is -0.261. The molecule has 32 heavy (non-hydrogen) atoms. The Morgan fingerprint density at radius 1 is 1.31 bits per heavy atom. The van der Waals surface area contributed by atoms with Crippen molar-refractivity contribution in [1.82, 2.24) is 20.0 Å². The van der Waals surface area contributed by atoms with Gasteiger partial charge in [-0.15, -0.1) is 0 Å². The molecule has 5 N–H and O–H groups in total. The van der Waals surface area contributed by atoms with Crippen LogP contribution in [0.15, 0.2) is 40.0 Å². The van der Waals surface area contributed by atoms with Gasteiger partial charge in [-0.25, -0.2) is 22.5 Å². The highest BCUT2D eigenvalue weighted by atomic mass is 79.9. The molecular weight excluding hydrogens is 552 g/mol. The van der Waals surface area contributed by atoms with Crippen LogP contribution in [0.3, 0.4) is 0 Å². The number of hydrogen-bond acceptors (Lipinski definition) is 6. The molecule has 0 bridgehead atoms. The molecule has 0 spiro atoms. The molecule has 0 atom stereocenters. The lowest BCUT2D eigenvalue weighted by Crippen LogP contribution is -2.24. The fraction of sp³-hybridized carbons (Fsp3) is 0.111. The monoisotopic (exact) mass is 565 g/mol. The van der Waals surface area contributed by atoms with E-state index in [0.717, 1.165) is 0 Å². The number of aromatic amines is 1. The van der Waals surface area contributed by atoms with Gasteiger partial charge in [0.15, 0.2) is 17.3 Å². The minimum atomic E-state index is -3.93. The average Bonchev–Trinajstić information content (AvgIpc) is 3.12. The van der Waals surface area contributed by atoms with E-state index in [4.69, 9.17) is 33.7 Å². The predicted octanol–water partition coefficient (Wildman–Crippen LogP) is 3.83. The van der Waals surface area contributed by atoms with Crippen LogP contribution in [0.2, 0.25) is 10.2 Å². The molecule has 0 unspecified atom stereocenters. The quantitative estimate of drug-likeness (QED) is 0.320. The van der Waals surface area contributed by atoms with Gasteiger partial charge in [0.25, 0.3) is 15.9 Å². The summed E-state index contributed by atoms with van der Waals surface area (Å²) in [5, 5.41) is 1.94. The van der Waals surface area contributed by atoms with Gasteiger partial charge in [-0.3, -0.25) is 4.79 Å². The number of carbonyl (C=O) groups is 1. The van der Waals surface area contributed by atoms with Gasteiger partial charge in [-0.05, 0) is 41.2 Å². The second-order valence-corrected chi connectivity index (χ2v) is 9.74. The minimum Gasteiger partial charge on any atom is -0.453 e. The van der Waals surface area contributed by atoms with E-state index < -0.39 is 26.9 Å². The molecule has 1 heterocycles. The summed E-state index contributed by atoms with van der Waals surface area (Å²) in [5.74, 6) is -1.48. The highest BCUT2D eigenvalue weighted by Crippen LogP contribution is 2.35. The van der Waals surface area contributed by atoms with Crippen LogP contribution in [0.5, 0.6) is 11.5 Å². The van der Waals surface area contributed by atoms with Gasteiger partial charge in [0.05, 0.1) is 4.47 Å². The highest BCUT2D eigenvalue weighted by Gasteiger charge is 2.23. The Kier molecular flexibility index (Phi) is 7.30. The van der Waals surface area contributed by atoms with Crippen LogP contribution in [0, 0.1) is 5.82 Å². The number of imidazole rings is 1. The normalized spacial score (nSPS) is 11.4. The van der Waals surface area contributed by atoms with Crippen molar-refractivity contribution >= 4 is 60.7 Å². The second-order valence-electron chi connectivity index (χ2n) is 6.27. The molecule has 2 aromatic carbocycles. The molecule has 1 aromatic heterocycles. The Morgan fingerprint density at radius 2 is 2.03 bits per heavy atom. The standard InChI is InChI=1S/C18H15BrCl2FN5O4S/c1-24-32(29,30)18-26-14(16(21)27-18)17(28)25-7-8-2-3-12(19)15(13(8)22)31-11-5-9(20)4-10(23)6-11/h2-6,24H,7,23H2,1H3,(H,25,28)(H,26,27). The van der Waals surface area contributed by atoms with Crippen molar-refractivity contribution < 1.29 is 22.3 Å². The van der Waals surface area contributed by atoms with Crippen molar-refractivity contribution in [2.24, 2.45) is 0 Å². The average molecular weight is 567 g/mol. The number of benzene rings is 2. The maximum atomic E-state index is 15.1. The van der Waals surface area contributed by atoms with Gasteiger partial charge in [0.2, 0.25) is 5.16 Å². The molecule has 0 fully saturated rings. The maximum absolute atomic E-state index is 15.1. The number of nitrogen functional groups attached to an aromatic ring is 1. The first-order chi connectivity index (χ1) is 15.0. The van der Waals surface area contributed by atoms with E-state index >= 15 is 4.39 Å². The Morgan fingerprint density at radius 3 is 2.69 bits per heavy atom. The van der Waals surface area contributed by atoms with Crippen molar-refractivity contribution in [1.29, 1.82) is 0 Å². The number of hydrogen-bond donors (Lipinski definition) is 4. The van der Waals surface area contributed by atoms with Crippen molar-refractivity contribution in [3.05, 3.63) is 62.1 Å². The number of nitrogens with one attached hydrogen (secondary N) is 3. The van der Waals surface area contributed by atoms with Crippen LogP contribution in [0.1, 0.15) is 16.1 Å². The summed E-state index contributed by atoms with van der Waals surface area (Å²) in [5.41, 5.74) is 5.79. The second kappa shape index (κ2) is 9.63. The number of nitrogens with two attached hydrogens (primary N) is 1. The van der Waals surface area contributed by atoms with Crippen LogP contribution in [0.4, 0.5) is 10.1 Å². The van der Waals surface area contributed by atoms with Crippen LogP contribution in [-0.4, -0.2) is 31.3 Å². The molecule has 170 valence electrons. The molecule has 3 rings (SSSR count). The number of rotatable bonds is 7. The first-order valence-electron chi connectivity index (χ1n) is 8.70. The zero-order valence-corrected chi connectivity index (χ0v) is 20.1. The smallest absolute Gasteiger partial charge is 0.274 e. The van der Waals surface area contributed by atoms with Gasteiger partial charge in [-0.2, -0.15) is 0 Å². The molecule has 0 saturated heterocycles. The maximum Gasteiger partial charge on any atom is 0.274 e. The molecule has 0 aliphatic carbocycles. The number of sulfonamides is 1. The molecule has 14 heteroatoms. The Balaban J connectivity index is 1.80. The van der Waals surface area contributed by atoms with E-state index in [1.807, 2.05) is 4.72 Å². The predicted molar refractivity (Wildman–Crippen MR) is 121 cm³/mol. The first kappa shape index (κ1) is 24.3. The number of anilines is 1. The molecule has 1 amide bonds. The zero-order valence-electron chi connectivity index (χ0n) is 16.2. The Bertz CT molecular complexity index is 1280. The van der Waals surface area contributed by atoms with E-state index in [1.54, 1.807) is 0 Å². The van der Waals surface area contributed by atoms with E-state index in [0.29, 0.717) is 15.2 Å². The molecular formula is C18H15BrCl2FN5O4S. The number of halogens is 4. The lowest BCUT2D eigenvalue weighted by Gasteiger charge is -2.13. The highest BCUT2D eigenvalue weighted by molar-refractivity contribution is 9.10. The van der Waals surface area contributed by atoms with Crippen molar-refractivity contribution in [2.45, 2.75) is 11.7 Å². The molecule has 0 aliphatic heterocycles. The molecule has 0 radical (unpaired) electrons. The number of carbonyl (C=O) groups excluding carboxylic acids is 1. The van der Waals surface area contributed by atoms with Crippen LogP contribution >= 0.6 is 39.1 Å². The van der Waals surface area contributed by atoms with E-state index in [9.17, 15) is 13.2 Å². The lowest BCUT2D eigenvalue weighted by atomic mass is 10.2. The molecule has 0 saturated carbocycles. The molecule has 0 aliphatic rings. The minimum absolute atomic E-state index is 0.0845. The fourth-order valence-electron chi connectivity index (χ4n) is 2.53.